The molecule has 3 aromatic rings. The van der Waals surface area contributed by atoms with Crippen molar-refractivity contribution in [2.24, 2.45) is 7.05 Å². The van der Waals surface area contributed by atoms with Crippen molar-refractivity contribution in [1.29, 1.82) is 0 Å². The molecule has 0 unspecified atom stereocenters. The van der Waals surface area contributed by atoms with Gasteiger partial charge in [-0.3, -0.25) is 13.9 Å². The molecule has 0 radical (unpaired) electrons. The van der Waals surface area contributed by atoms with Crippen LogP contribution in [0.25, 0.3) is 11.0 Å². The summed E-state index contributed by atoms with van der Waals surface area (Å²) < 4.78 is 7.84. The number of hydrogen-bond acceptors (Lipinski definition) is 4. The van der Waals surface area contributed by atoms with Crippen LogP contribution in [0.2, 0.25) is 0 Å². The molecular formula is C20H21N3O4. The zero-order chi connectivity index (χ0) is 19.4. The van der Waals surface area contributed by atoms with Crippen LogP contribution in [-0.4, -0.2) is 28.1 Å². The SMILES string of the molecule is COC(=O)c1ccc(CNC(=O)CCn2c(=O)n(C)c3ccccc32)cc1. The molecule has 0 saturated heterocycles. The molecule has 0 fully saturated rings. The lowest BCUT2D eigenvalue weighted by molar-refractivity contribution is -0.121. The number of benzene rings is 2. The third-order valence-corrected chi connectivity index (χ3v) is 4.48. The quantitative estimate of drug-likeness (QED) is 0.674. The van der Waals surface area contributed by atoms with Crippen LogP contribution in [-0.2, 0) is 29.7 Å². The number of ether oxygens (including phenoxy) is 1. The van der Waals surface area contributed by atoms with Crippen molar-refractivity contribution in [3.05, 3.63) is 70.1 Å². The Kier molecular flexibility index (Phi) is 5.40. The van der Waals surface area contributed by atoms with Crippen LogP contribution >= 0.6 is 0 Å². The van der Waals surface area contributed by atoms with E-state index >= 15 is 0 Å². The lowest BCUT2D eigenvalue weighted by Gasteiger charge is -2.07. The van der Waals surface area contributed by atoms with E-state index in [-0.39, 0.29) is 18.0 Å². The number of amides is 1. The monoisotopic (exact) mass is 367 g/mol. The minimum absolute atomic E-state index is 0.137. The van der Waals surface area contributed by atoms with Crippen LogP contribution in [0, 0.1) is 0 Å². The summed E-state index contributed by atoms with van der Waals surface area (Å²) in [6.07, 6.45) is 0.203. The number of rotatable bonds is 6. The molecular weight excluding hydrogens is 346 g/mol. The number of para-hydroxylation sites is 2. The normalized spacial score (nSPS) is 10.7. The Balaban J connectivity index is 1.59. The van der Waals surface area contributed by atoms with Crippen molar-refractivity contribution >= 4 is 22.9 Å². The van der Waals surface area contributed by atoms with Gasteiger partial charge in [0, 0.05) is 26.6 Å². The van der Waals surface area contributed by atoms with Gasteiger partial charge in [0.25, 0.3) is 0 Å². The van der Waals surface area contributed by atoms with Crippen LogP contribution in [0.1, 0.15) is 22.3 Å². The van der Waals surface area contributed by atoms with E-state index < -0.39 is 5.97 Å². The lowest BCUT2D eigenvalue weighted by atomic mass is 10.1. The van der Waals surface area contributed by atoms with Gasteiger partial charge in [-0.25, -0.2) is 9.59 Å². The van der Waals surface area contributed by atoms with Crippen molar-refractivity contribution in [1.82, 2.24) is 14.5 Å². The molecule has 1 N–H and O–H groups in total. The minimum Gasteiger partial charge on any atom is -0.465 e. The molecule has 0 aliphatic rings. The maximum absolute atomic E-state index is 12.3. The van der Waals surface area contributed by atoms with Gasteiger partial charge in [-0.15, -0.1) is 0 Å². The molecule has 7 nitrogen and oxygen atoms in total. The zero-order valence-electron chi connectivity index (χ0n) is 15.3. The number of imidazole rings is 1. The first kappa shape index (κ1) is 18.4. The highest BCUT2D eigenvalue weighted by Gasteiger charge is 2.11. The second-order valence-corrected chi connectivity index (χ2v) is 6.20. The van der Waals surface area contributed by atoms with E-state index in [1.807, 2.05) is 24.3 Å². The summed E-state index contributed by atoms with van der Waals surface area (Å²) in [5.74, 6) is -0.544. The van der Waals surface area contributed by atoms with E-state index in [1.54, 1.807) is 40.4 Å². The molecule has 0 aliphatic carbocycles. The Morgan fingerprint density at radius 3 is 2.37 bits per heavy atom. The summed E-state index contributed by atoms with van der Waals surface area (Å²) in [4.78, 5) is 35.9. The highest BCUT2D eigenvalue weighted by atomic mass is 16.5. The molecule has 0 aliphatic heterocycles. The van der Waals surface area contributed by atoms with Gasteiger partial charge in [0.15, 0.2) is 0 Å². The first-order valence-corrected chi connectivity index (χ1v) is 8.59. The Labute approximate surface area is 156 Å². The molecule has 0 bridgehead atoms. The number of hydrogen-bond donors (Lipinski definition) is 1. The zero-order valence-corrected chi connectivity index (χ0v) is 15.3. The van der Waals surface area contributed by atoms with Gasteiger partial charge in [-0.05, 0) is 29.8 Å². The third-order valence-electron chi connectivity index (χ3n) is 4.48. The van der Waals surface area contributed by atoms with Crippen molar-refractivity contribution in [2.75, 3.05) is 7.11 Å². The Morgan fingerprint density at radius 2 is 1.70 bits per heavy atom. The first-order valence-electron chi connectivity index (χ1n) is 8.59. The van der Waals surface area contributed by atoms with Gasteiger partial charge in [0.2, 0.25) is 5.91 Å². The maximum Gasteiger partial charge on any atom is 0.337 e. The fourth-order valence-electron chi connectivity index (χ4n) is 2.96. The maximum atomic E-state index is 12.3. The van der Waals surface area contributed by atoms with Gasteiger partial charge in [-0.1, -0.05) is 24.3 Å². The number of fused-ring (bicyclic) bond motifs is 1. The molecule has 1 aromatic heterocycles. The minimum atomic E-state index is -0.397. The van der Waals surface area contributed by atoms with E-state index in [9.17, 15) is 14.4 Å². The molecule has 0 saturated carbocycles. The Bertz CT molecular complexity index is 1030. The van der Waals surface area contributed by atoms with Crippen LogP contribution in [0.5, 0.6) is 0 Å². The summed E-state index contributed by atoms with van der Waals surface area (Å²) in [5.41, 5.74) is 2.86. The van der Waals surface area contributed by atoms with E-state index in [4.69, 9.17) is 0 Å². The number of aryl methyl sites for hydroxylation is 2. The van der Waals surface area contributed by atoms with E-state index in [0.717, 1.165) is 16.6 Å². The number of carbonyl (C=O) groups is 2. The van der Waals surface area contributed by atoms with Crippen molar-refractivity contribution in [3.8, 4) is 0 Å². The van der Waals surface area contributed by atoms with Crippen molar-refractivity contribution in [3.63, 3.8) is 0 Å². The van der Waals surface area contributed by atoms with Crippen LogP contribution in [0.15, 0.2) is 53.3 Å². The fourth-order valence-corrected chi connectivity index (χ4v) is 2.96. The standard InChI is InChI=1S/C20H21N3O4/c1-22-16-5-3-4-6-17(16)23(20(22)26)12-11-18(24)21-13-14-7-9-15(10-8-14)19(25)27-2/h3-10H,11-13H2,1-2H3,(H,21,24). The number of methoxy groups -OCH3 is 1. The predicted octanol–water partition coefficient (Wildman–Crippen LogP) is 1.83. The highest BCUT2D eigenvalue weighted by molar-refractivity contribution is 5.89. The summed E-state index contributed by atoms with van der Waals surface area (Å²) >= 11 is 0. The van der Waals surface area contributed by atoms with Crippen molar-refractivity contribution in [2.45, 2.75) is 19.5 Å². The topological polar surface area (TPSA) is 82.3 Å². The van der Waals surface area contributed by atoms with E-state index in [0.29, 0.717) is 18.7 Å². The number of esters is 1. The molecule has 7 heteroatoms. The largest absolute Gasteiger partial charge is 0.465 e. The summed E-state index contributed by atoms with van der Waals surface area (Å²) in [6.45, 7) is 0.665. The van der Waals surface area contributed by atoms with Crippen LogP contribution < -0.4 is 11.0 Å². The predicted molar refractivity (Wildman–Crippen MR) is 101 cm³/mol. The average Bonchev–Trinajstić information content (AvgIpc) is 2.95. The smallest absolute Gasteiger partial charge is 0.337 e. The molecule has 0 atom stereocenters. The van der Waals surface area contributed by atoms with Gasteiger partial charge in [-0.2, -0.15) is 0 Å². The second-order valence-electron chi connectivity index (χ2n) is 6.20. The third kappa shape index (κ3) is 3.92. The van der Waals surface area contributed by atoms with E-state index in [2.05, 4.69) is 10.1 Å². The van der Waals surface area contributed by atoms with Gasteiger partial charge >= 0.3 is 11.7 Å². The van der Waals surface area contributed by atoms with Gasteiger partial charge in [0.1, 0.15) is 0 Å². The summed E-state index contributed by atoms with van der Waals surface area (Å²) in [7, 11) is 3.05. The number of nitrogens with one attached hydrogen (secondary N) is 1. The Hall–Kier alpha value is -3.35. The number of nitrogens with zero attached hydrogens (tertiary/aromatic N) is 2. The first-order chi connectivity index (χ1) is 13.0. The average molecular weight is 367 g/mol. The van der Waals surface area contributed by atoms with Gasteiger partial charge < -0.3 is 10.1 Å². The van der Waals surface area contributed by atoms with E-state index in [1.165, 1.54) is 7.11 Å². The Morgan fingerprint density at radius 1 is 1.04 bits per heavy atom. The second kappa shape index (κ2) is 7.90. The number of aromatic nitrogens is 2. The van der Waals surface area contributed by atoms with Crippen molar-refractivity contribution < 1.29 is 14.3 Å². The molecule has 27 heavy (non-hydrogen) atoms. The molecule has 1 amide bonds. The molecule has 3 rings (SSSR count). The van der Waals surface area contributed by atoms with Crippen LogP contribution in [0.3, 0.4) is 0 Å². The molecule has 1 heterocycles. The molecule has 2 aromatic carbocycles. The summed E-state index contributed by atoms with van der Waals surface area (Å²) in [5, 5.41) is 2.83. The van der Waals surface area contributed by atoms with Gasteiger partial charge in [0.05, 0.1) is 23.7 Å². The fraction of sp³-hybridized carbons (Fsp3) is 0.250. The highest BCUT2D eigenvalue weighted by Crippen LogP contribution is 2.12. The van der Waals surface area contributed by atoms with Crippen LogP contribution in [0.4, 0.5) is 0 Å². The summed E-state index contributed by atoms with van der Waals surface area (Å²) in [6, 6.07) is 14.3. The molecule has 140 valence electrons. The molecule has 0 spiro atoms. The lowest BCUT2D eigenvalue weighted by Crippen LogP contribution is -2.27. The number of carbonyl (C=O) groups excluding carboxylic acids is 2.